The summed E-state index contributed by atoms with van der Waals surface area (Å²) in [4.78, 5) is 14.1. The fourth-order valence-corrected chi connectivity index (χ4v) is 2.43. The third-order valence-corrected chi connectivity index (χ3v) is 4.71. The van der Waals surface area contributed by atoms with Gasteiger partial charge in [0.15, 0.2) is 0 Å². The Morgan fingerprint density at radius 2 is 1.94 bits per heavy atom. The first-order valence-corrected chi connectivity index (χ1v) is 7.01. The van der Waals surface area contributed by atoms with Crippen LogP contribution in [0.4, 0.5) is 0 Å². The number of rotatable bonds is 2. The molecule has 0 saturated heterocycles. The molecule has 0 bridgehead atoms. The van der Waals surface area contributed by atoms with Crippen LogP contribution in [0.15, 0.2) is 24.3 Å². The van der Waals surface area contributed by atoms with Crippen molar-refractivity contribution < 1.29 is 4.79 Å². The van der Waals surface area contributed by atoms with Gasteiger partial charge in [-0.25, -0.2) is 0 Å². The fourth-order valence-electron chi connectivity index (χ4n) is 2.14. The van der Waals surface area contributed by atoms with Crippen molar-refractivity contribution in [2.75, 3.05) is 6.54 Å². The Balaban J connectivity index is 2.10. The molecule has 1 atom stereocenters. The molecule has 0 spiro atoms. The molecule has 1 aliphatic heterocycles. The summed E-state index contributed by atoms with van der Waals surface area (Å²) in [6.07, 6.45) is 0.972. The van der Waals surface area contributed by atoms with Gasteiger partial charge >= 0.3 is 0 Å². The van der Waals surface area contributed by atoms with E-state index in [-0.39, 0.29) is 10.7 Å². The normalized spacial score (nSPS) is 16.8. The van der Waals surface area contributed by atoms with E-state index >= 15 is 0 Å². The minimum Gasteiger partial charge on any atom is -0.337 e. The molecule has 0 N–H and O–H groups in total. The summed E-state index contributed by atoms with van der Waals surface area (Å²) in [6, 6.07) is 8.39. The number of nitrogens with zero attached hydrogens (tertiary/aromatic N) is 1. The molecular formula is C14H18BrNO. The molecule has 1 aromatic rings. The van der Waals surface area contributed by atoms with E-state index in [4.69, 9.17) is 0 Å². The van der Waals surface area contributed by atoms with Crippen molar-refractivity contribution in [3.63, 3.8) is 0 Å². The molecule has 0 aliphatic carbocycles. The van der Waals surface area contributed by atoms with Crippen molar-refractivity contribution in [3.05, 3.63) is 35.4 Å². The van der Waals surface area contributed by atoms with E-state index in [0.29, 0.717) is 5.92 Å². The van der Waals surface area contributed by atoms with Crippen molar-refractivity contribution >= 4 is 21.8 Å². The first kappa shape index (κ1) is 12.6. The van der Waals surface area contributed by atoms with Crippen LogP contribution >= 0.6 is 15.9 Å². The van der Waals surface area contributed by atoms with Crippen LogP contribution in [0.3, 0.4) is 0 Å². The predicted octanol–water partition coefficient (Wildman–Crippen LogP) is 2.99. The monoisotopic (exact) mass is 295 g/mol. The van der Waals surface area contributed by atoms with E-state index in [2.05, 4.69) is 48.0 Å². The predicted molar refractivity (Wildman–Crippen MR) is 73.1 cm³/mol. The fraction of sp³-hybridized carbons (Fsp3) is 0.500. The number of benzene rings is 1. The topological polar surface area (TPSA) is 20.3 Å². The van der Waals surface area contributed by atoms with Crippen molar-refractivity contribution in [2.24, 2.45) is 5.92 Å². The van der Waals surface area contributed by atoms with Crippen molar-refractivity contribution in [1.29, 1.82) is 0 Å². The number of amides is 1. The molecule has 92 valence electrons. The maximum absolute atomic E-state index is 12.2. The van der Waals surface area contributed by atoms with Gasteiger partial charge in [-0.1, -0.05) is 54.0 Å². The van der Waals surface area contributed by atoms with Gasteiger partial charge < -0.3 is 4.90 Å². The van der Waals surface area contributed by atoms with E-state index in [0.717, 1.165) is 19.5 Å². The highest BCUT2D eigenvalue weighted by molar-refractivity contribution is 9.10. The molecule has 2 nitrogen and oxygen atoms in total. The SMILES string of the molecule is CC(C)C(Br)C(=O)N1CCc2ccccc2C1. The van der Waals surface area contributed by atoms with Crippen LogP contribution in [0.1, 0.15) is 25.0 Å². The van der Waals surface area contributed by atoms with Crippen LogP contribution in [0.2, 0.25) is 0 Å². The van der Waals surface area contributed by atoms with Crippen LogP contribution in [0.5, 0.6) is 0 Å². The van der Waals surface area contributed by atoms with E-state index < -0.39 is 0 Å². The third kappa shape index (κ3) is 2.71. The average molecular weight is 296 g/mol. The van der Waals surface area contributed by atoms with Crippen molar-refractivity contribution in [2.45, 2.75) is 31.6 Å². The lowest BCUT2D eigenvalue weighted by Crippen LogP contribution is -2.41. The molecule has 0 saturated carbocycles. The molecule has 1 heterocycles. The number of carbonyl (C=O) groups is 1. The van der Waals surface area contributed by atoms with Gasteiger partial charge in [0.25, 0.3) is 0 Å². The van der Waals surface area contributed by atoms with Gasteiger partial charge in [-0.15, -0.1) is 0 Å². The Morgan fingerprint density at radius 3 is 2.59 bits per heavy atom. The maximum Gasteiger partial charge on any atom is 0.236 e. The minimum atomic E-state index is -0.0623. The van der Waals surface area contributed by atoms with Gasteiger partial charge in [0.2, 0.25) is 5.91 Å². The zero-order valence-electron chi connectivity index (χ0n) is 10.3. The smallest absolute Gasteiger partial charge is 0.236 e. The lowest BCUT2D eigenvalue weighted by molar-refractivity contribution is -0.132. The van der Waals surface area contributed by atoms with Crippen LogP contribution in [-0.4, -0.2) is 22.2 Å². The van der Waals surface area contributed by atoms with Crippen LogP contribution < -0.4 is 0 Å². The number of fused-ring (bicyclic) bond motifs is 1. The summed E-state index contributed by atoms with van der Waals surface area (Å²) in [6.45, 7) is 5.72. The molecule has 3 heteroatoms. The average Bonchev–Trinajstić information content (AvgIpc) is 2.36. The van der Waals surface area contributed by atoms with Crippen LogP contribution in [-0.2, 0) is 17.8 Å². The highest BCUT2D eigenvalue weighted by Crippen LogP contribution is 2.22. The number of hydrogen-bond acceptors (Lipinski definition) is 1. The molecule has 1 unspecified atom stereocenters. The van der Waals surface area contributed by atoms with Crippen LogP contribution in [0, 0.1) is 5.92 Å². The zero-order valence-corrected chi connectivity index (χ0v) is 11.9. The van der Waals surface area contributed by atoms with Gasteiger partial charge in [0, 0.05) is 13.1 Å². The molecule has 2 rings (SSSR count). The molecule has 0 aromatic heterocycles. The molecular weight excluding hydrogens is 278 g/mol. The van der Waals surface area contributed by atoms with Crippen LogP contribution in [0.25, 0.3) is 0 Å². The summed E-state index contributed by atoms with van der Waals surface area (Å²) < 4.78 is 0. The van der Waals surface area contributed by atoms with E-state index in [1.807, 2.05) is 11.0 Å². The summed E-state index contributed by atoms with van der Waals surface area (Å²) in [5.41, 5.74) is 2.67. The second-order valence-corrected chi connectivity index (χ2v) is 5.91. The minimum absolute atomic E-state index is 0.0623. The lowest BCUT2D eigenvalue weighted by Gasteiger charge is -2.31. The molecule has 1 aromatic carbocycles. The zero-order chi connectivity index (χ0) is 12.4. The standard InChI is InChI=1S/C14H18BrNO/c1-10(2)13(15)14(17)16-8-7-11-5-3-4-6-12(11)9-16/h3-6,10,13H,7-9H2,1-2H3. The number of halogens is 1. The Kier molecular flexibility index (Phi) is 3.87. The second-order valence-electron chi connectivity index (χ2n) is 4.92. The van der Waals surface area contributed by atoms with E-state index in [1.54, 1.807) is 0 Å². The number of carbonyl (C=O) groups excluding carboxylic acids is 1. The maximum atomic E-state index is 12.2. The molecule has 1 amide bonds. The van der Waals surface area contributed by atoms with Gasteiger partial charge in [0.05, 0.1) is 4.83 Å². The van der Waals surface area contributed by atoms with Gasteiger partial charge in [-0.05, 0) is 23.5 Å². The summed E-state index contributed by atoms with van der Waals surface area (Å²) in [5.74, 6) is 0.550. The molecule has 1 aliphatic rings. The molecule has 17 heavy (non-hydrogen) atoms. The largest absolute Gasteiger partial charge is 0.337 e. The summed E-state index contributed by atoms with van der Waals surface area (Å²) >= 11 is 3.49. The highest BCUT2D eigenvalue weighted by atomic mass is 79.9. The lowest BCUT2D eigenvalue weighted by atomic mass is 9.99. The summed E-state index contributed by atoms with van der Waals surface area (Å²) in [7, 11) is 0. The number of hydrogen-bond donors (Lipinski definition) is 0. The Hall–Kier alpha value is -0.830. The van der Waals surface area contributed by atoms with Gasteiger partial charge in [-0.3, -0.25) is 4.79 Å². The van der Waals surface area contributed by atoms with E-state index in [9.17, 15) is 4.79 Å². The molecule has 0 radical (unpaired) electrons. The third-order valence-electron chi connectivity index (χ3n) is 3.26. The first-order valence-electron chi connectivity index (χ1n) is 6.09. The number of alkyl halides is 1. The Labute approximate surface area is 111 Å². The molecule has 0 fully saturated rings. The Morgan fingerprint density at radius 1 is 1.29 bits per heavy atom. The van der Waals surface area contributed by atoms with Crippen molar-refractivity contribution in [3.8, 4) is 0 Å². The van der Waals surface area contributed by atoms with Crippen molar-refractivity contribution in [1.82, 2.24) is 4.90 Å². The Bertz CT molecular complexity index is 416. The van der Waals surface area contributed by atoms with E-state index in [1.165, 1.54) is 11.1 Å². The second kappa shape index (κ2) is 5.21. The van der Waals surface area contributed by atoms with Gasteiger partial charge in [-0.2, -0.15) is 0 Å². The summed E-state index contributed by atoms with van der Waals surface area (Å²) in [5, 5.41) is 0. The first-order chi connectivity index (χ1) is 8.09. The quantitative estimate of drug-likeness (QED) is 0.768. The highest BCUT2D eigenvalue weighted by Gasteiger charge is 2.27. The van der Waals surface area contributed by atoms with Gasteiger partial charge in [0.1, 0.15) is 0 Å².